The smallest absolute Gasteiger partial charge is 0.253 e. The van der Waals surface area contributed by atoms with E-state index in [0.717, 1.165) is 31.5 Å². The molecule has 1 aliphatic carbocycles. The van der Waals surface area contributed by atoms with Crippen molar-refractivity contribution in [3.05, 3.63) is 23.8 Å². The number of amides is 1. The first kappa shape index (κ1) is 14.7. The number of nitrogens with two attached hydrogens (primary N) is 1. The number of nitrogens with one attached hydrogen (secondary N) is 2. The number of benzene rings is 1. The Morgan fingerprint density at radius 1 is 1.40 bits per heavy atom. The van der Waals surface area contributed by atoms with E-state index in [2.05, 4.69) is 10.6 Å². The fourth-order valence-corrected chi connectivity index (χ4v) is 2.90. The number of anilines is 2. The zero-order chi connectivity index (χ0) is 14.5. The van der Waals surface area contributed by atoms with Gasteiger partial charge in [-0.15, -0.1) is 0 Å². The summed E-state index contributed by atoms with van der Waals surface area (Å²) in [4.78, 5) is 11.8. The second kappa shape index (κ2) is 6.61. The Kier molecular flexibility index (Phi) is 4.84. The van der Waals surface area contributed by atoms with Crippen molar-refractivity contribution >= 4 is 17.3 Å². The van der Waals surface area contributed by atoms with Gasteiger partial charge in [0.2, 0.25) is 0 Å². The van der Waals surface area contributed by atoms with E-state index in [-0.39, 0.29) is 12.5 Å². The van der Waals surface area contributed by atoms with Gasteiger partial charge in [-0.1, -0.05) is 6.42 Å². The second-order valence-corrected chi connectivity index (χ2v) is 5.40. The number of carbonyl (C=O) groups excluding carboxylic acids is 1. The van der Waals surface area contributed by atoms with Crippen LogP contribution in [0.4, 0.5) is 11.4 Å². The third-order valence-electron chi connectivity index (χ3n) is 4.12. The first-order valence-electron chi connectivity index (χ1n) is 7.12. The standard InChI is InChI=1S/C15H23N3O2/c1-17-15(20)13-6-5-12(16)7-14(13)18-8-10-3-2-4-11(10)9-19/h5-7,10-11,18-19H,2-4,8-9,16H2,1H3,(H,17,20). The molecule has 2 atom stereocenters. The maximum atomic E-state index is 11.8. The number of rotatable bonds is 5. The molecule has 1 amide bonds. The van der Waals surface area contributed by atoms with Gasteiger partial charge in [-0.05, 0) is 42.9 Å². The van der Waals surface area contributed by atoms with Crippen LogP contribution in [0.1, 0.15) is 29.6 Å². The third kappa shape index (κ3) is 3.22. The summed E-state index contributed by atoms with van der Waals surface area (Å²) in [5, 5.41) is 15.3. The Morgan fingerprint density at radius 3 is 2.85 bits per heavy atom. The van der Waals surface area contributed by atoms with Crippen LogP contribution in [-0.4, -0.2) is 31.2 Å². The Balaban J connectivity index is 2.08. The van der Waals surface area contributed by atoms with Crippen LogP contribution in [0.3, 0.4) is 0 Å². The van der Waals surface area contributed by atoms with Crippen LogP contribution in [-0.2, 0) is 0 Å². The molecule has 20 heavy (non-hydrogen) atoms. The number of carbonyl (C=O) groups is 1. The quantitative estimate of drug-likeness (QED) is 0.613. The van der Waals surface area contributed by atoms with E-state index in [1.54, 1.807) is 25.2 Å². The van der Waals surface area contributed by atoms with Crippen molar-refractivity contribution in [2.75, 3.05) is 31.2 Å². The summed E-state index contributed by atoms with van der Waals surface area (Å²) >= 11 is 0. The van der Waals surface area contributed by atoms with Crippen molar-refractivity contribution in [2.45, 2.75) is 19.3 Å². The maximum Gasteiger partial charge on any atom is 0.253 e. The lowest BCUT2D eigenvalue weighted by Crippen LogP contribution is -2.24. The summed E-state index contributed by atoms with van der Waals surface area (Å²) in [6.45, 7) is 1.00. The Hall–Kier alpha value is -1.75. The highest BCUT2D eigenvalue weighted by Crippen LogP contribution is 2.32. The van der Waals surface area contributed by atoms with Crippen LogP contribution in [0.2, 0.25) is 0 Å². The summed E-state index contributed by atoms with van der Waals surface area (Å²) in [5.74, 6) is 0.698. The molecule has 1 fully saturated rings. The van der Waals surface area contributed by atoms with Crippen LogP contribution < -0.4 is 16.4 Å². The zero-order valence-electron chi connectivity index (χ0n) is 11.9. The van der Waals surface area contributed by atoms with Gasteiger partial charge in [-0.2, -0.15) is 0 Å². The molecule has 110 valence electrons. The van der Waals surface area contributed by atoms with E-state index in [4.69, 9.17) is 5.73 Å². The summed E-state index contributed by atoms with van der Waals surface area (Å²) in [6.07, 6.45) is 3.37. The molecule has 1 aliphatic rings. The molecule has 0 heterocycles. The van der Waals surface area contributed by atoms with Crippen molar-refractivity contribution in [2.24, 2.45) is 11.8 Å². The summed E-state index contributed by atoms with van der Waals surface area (Å²) < 4.78 is 0. The van der Waals surface area contributed by atoms with E-state index in [1.807, 2.05) is 0 Å². The minimum atomic E-state index is -0.127. The van der Waals surface area contributed by atoms with E-state index >= 15 is 0 Å². The van der Waals surface area contributed by atoms with E-state index < -0.39 is 0 Å². The maximum absolute atomic E-state index is 11.8. The fraction of sp³-hybridized carbons (Fsp3) is 0.533. The van der Waals surface area contributed by atoms with Crippen molar-refractivity contribution in [3.8, 4) is 0 Å². The Morgan fingerprint density at radius 2 is 2.15 bits per heavy atom. The van der Waals surface area contributed by atoms with Crippen LogP contribution in [0, 0.1) is 11.8 Å². The van der Waals surface area contributed by atoms with Crippen LogP contribution in [0.25, 0.3) is 0 Å². The van der Waals surface area contributed by atoms with Gasteiger partial charge in [-0.25, -0.2) is 0 Å². The lowest BCUT2D eigenvalue weighted by atomic mass is 9.96. The molecular formula is C15H23N3O2. The Bertz CT molecular complexity index is 476. The normalized spacial score (nSPS) is 21.7. The topological polar surface area (TPSA) is 87.4 Å². The summed E-state index contributed by atoms with van der Waals surface area (Å²) in [7, 11) is 1.61. The minimum Gasteiger partial charge on any atom is -0.399 e. The second-order valence-electron chi connectivity index (χ2n) is 5.40. The highest BCUT2D eigenvalue weighted by atomic mass is 16.3. The molecule has 0 spiro atoms. The molecule has 2 unspecified atom stereocenters. The predicted molar refractivity (Wildman–Crippen MR) is 80.7 cm³/mol. The summed E-state index contributed by atoms with van der Waals surface area (Å²) in [5.41, 5.74) is 7.78. The van der Waals surface area contributed by atoms with E-state index in [0.29, 0.717) is 23.1 Å². The monoisotopic (exact) mass is 277 g/mol. The largest absolute Gasteiger partial charge is 0.399 e. The number of hydrogen-bond donors (Lipinski definition) is 4. The van der Waals surface area contributed by atoms with Crippen molar-refractivity contribution in [1.82, 2.24) is 5.32 Å². The van der Waals surface area contributed by atoms with Crippen LogP contribution in [0.15, 0.2) is 18.2 Å². The van der Waals surface area contributed by atoms with Gasteiger partial charge < -0.3 is 21.5 Å². The van der Waals surface area contributed by atoms with E-state index in [1.165, 1.54) is 0 Å². The van der Waals surface area contributed by atoms with Gasteiger partial charge in [0, 0.05) is 31.6 Å². The highest BCUT2D eigenvalue weighted by molar-refractivity contribution is 6.00. The van der Waals surface area contributed by atoms with Crippen LogP contribution >= 0.6 is 0 Å². The average Bonchev–Trinajstić information content (AvgIpc) is 2.91. The molecule has 0 aromatic heterocycles. The SMILES string of the molecule is CNC(=O)c1ccc(N)cc1NCC1CCCC1CO. The highest BCUT2D eigenvalue weighted by Gasteiger charge is 2.26. The molecule has 5 heteroatoms. The predicted octanol–water partition coefficient (Wildman–Crippen LogP) is 1.45. The van der Waals surface area contributed by atoms with Crippen LogP contribution in [0.5, 0.6) is 0 Å². The lowest BCUT2D eigenvalue weighted by molar-refractivity contribution is 0.0964. The van der Waals surface area contributed by atoms with Gasteiger partial charge in [-0.3, -0.25) is 4.79 Å². The molecule has 0 radical (unpaired) electrons. The van der Waals surface area contributed by atoms with Gasteiger partial charge in [0.15, 0.2) is 0 Å². The van der Waals surface area contributed by atoms with Gasteiger partial charge in [0.25, 0.3) is 5.91 Å². The molecule has 0 aliphatic heterocycles. The molecule has 5 nitrogen and oxygen atoms in total. The van der Waals surface area contributed by atoms with Gasteiger partial charge in [0.05, 0.1) is 5.56 Å². The third-order valence-corrected chi connectivity index (χ3v) is 4.12. The van der Waals surface area contributed by atoms with Crippen molar-refractivity contribution < 1.29 is 9.90 Å². The first-order chi connectivity index (χ1) is 9.65. The molecule has 5 N–H and O–H groups in total. The molecular weight excluding hydrogens is 254 g/mol. The summed E-state index contributed by atoms with van der Waals surface area (Å²) in [6, 6.07) is 5.24. The average molecular weight is 277 g/mol. The molecule has 1 aromatic rings. The van der Waals surface area contributed by atoms with Crippen molar-refractivity contribution in [1.29, 1.82) is 0 Å². The number of hydrogen-bond acceptors (Lipinski definition) is 4. The first-order valence-corrected chi connectivity index (χ1v) is 7.12. The van der Waals surface area contributed by atoms with Gasteiger partial charge >= 0.3 is 0 Å². The zero-order valence-corrected chi connectivity index (χ0v) is 11.9. The molecule has 0 bridgehead atoms. The lowest BCUT2D eigenvalue weighted by Gasteiger charge is -2.20. The van der Waals surface area contributed by atoms with Crippen molar-refractivity contribution in [3.63, 3.8) is 0 Å². The molecule has 0 saturated heterocycles. The van der Waals surface area contributed by atoms with E-state index in [9.17, 15) is 9.90 Å². The molecule has 1 saturated carbocycles. The fourth-order valence-electron chi connectivity index (χ4n) is 2.90. The Labute approximate surface area is 119 Å². The molecule has 2 rings (SSSR count). The number of nitrogen functional groups attached to an aromatic ring is 1. The number of aliphatic hydroxyl groups is 1. The molecule has 1 aromatic carbocycles. The van der Waals surface area contributed by atoms with Gasteiger partial charge in [0.1, 0.15) is 0 Å². The number of aliphatic hydroxyl groups excluding tert-OH is 1. The minimum absolute atomic E-state index is 0.127.